The quantitative estimate of drug-likeness (QED) is 0.273. The van der Waals surface area contributed by atoms with Crippen LogP contribution >= 0.6 is 11.6 Å². The molecular formula is C27H28ClN3O4. The first-order valence-corrected chi connectivity index (χ1v) is 11.6. The van der Waals surface area contributed by atoms with Crippen LogP contribution in [0.2, 0.25) is 5.02 Å². The molecule has 35 heavy (non-hydrogen) atoms. The van der Waals surface area contributed by atoms with Gasteiger partial charge in [0, 0.05) is 23.6 Å². The molecule has 0 saturated heterocycles. The van der Waals surface area contributed by atoms with E-state index in [4.69, 9.17) is 21.1 Å². The molecule has 182 valence electrons. The third-order valence-corrected chi connectivity index (χ3v) is 5.11. The van der Waals surface area contributed by atoms with Gasteiger partial charge in [0.1, 0.15) is 6.61 Å². The summed E-state index contributed by atoms with van der Waals surface area (Å²) in [6.45, 7) is 4.84. The zero-order valence-electron chi connectivity index (χ0n) is 19.7. The molecule has 0 aliphatic heterocycles. The molecule has 0 unspecified atom stereocenters. The Bertz CT molecular complexity index is 1180. The lowest BCUT2D eigenvalue weighted by molar-refractivity contribution is -0.124. The molecule has 0 aliphatic rings. The van der Waals surface area contributed by atoms with Gasteiger partial charge >= 0.3 is 0 Å². The number of hydrogen-bond donors (Lipinski definition) is 2. The number of hydrogen-bond acceptors (Lipinski definition) is 5. The standard InChI is InChI=1S/C27H28ClN3O4/c1-3-34-25-15-21(11-12-24(25)35-18-20-9-7-19(2)8-10-20)17-29-31-27(33)14-13-26(32)30-23-6-4-5-22(28)16-23/h4-12,15-17H,3,13-14,18H2,1-2H3,(H,30,32)(H,31,33). The Labute approximate surface area is 210 Å². The van der Waals surface area contributed by atoms with Gasteiger partial charge in [0.05, 0.1) is 12.8 Å². The van der Waals surface area contributed by atoms with Crippen molar-refractivity contribution < 1.29 is 19.1 Å². The normalized spacial score (nSPS) is 10.7. The molecule has 0 radical (unpaired) electrons. The number of hydrazone groups is 1. The summed E-state index contributed by atoms with van der Waals surface area (Å²) in [5, 5.41) is 7.20. The van der Waals surface area contributed by atoms with Crippen LogP contribution in [0.15, 0.2) is 71.8 Å². The Balaban J connectivity index is 1.49. The summed E-state index contributed by atoms with van der Waals surface area (Å²) in [6.07, 6.45) is 1.53. The second-order valence-electron chi connectivity index (χ2n) is 7.77. The van der Waals surface area contributed by atoms with Crippen molar-refractivity contribution in [3.63, 3.8) is 0 Å². The van der Waals surface area contributed by atoms with E-state index >= 15 is 0 Å². The minimum absolute atomic E-state index is 0.000275. The molecule has 0 fully saturated rings. The largest absolute Gasteiger partial charge is 0.490 e. The molecule has 0 saturated carbocycles. The molecule has 7 nitrogen and oxygen atoms in total. The van der Waals surface area contributed by atoms with Crippen LogP contribution in [-0.4, -0.2) is 24.6 Å². The Kier molecular flexibility index (Phi) is 9.69. The van der Waals surface area contributed by atoms with Crippen LogP contribution in [0.1, 0.15) is 36.5 Å². The topological polar surface area (TPSA) is 89.0 Å². The SMILES string of the molecule is CCOc1cc(C=NNC(=O)CCC(=O)Nc2cccc(Cl)c2)ccc1OCc1ccc(C)cc1. The molecule has 2 N–H and O–H groups in total. The van der Waals surface area contributed by atoms with Gasteiger partial charge in [-0.25, -0.2) is 5.43 Å². The van der Waals surface area contributed by atoms with E-state index in [1.165, 1.54) is 11.8 Å². The van der Waals surface area contributed by atoms with Crippen molar-refractivity contribution in [2.24, 2.45) is 5.10 Å². The lowest BCUT2D eigenvalue weighted by atomic mass is 10.2. The van der Waals surface area contributed by atoms with Gasteiger partial charge in [-0.1, -0.05) is 47.5 Å². The zero-order valence-corrected chi connectivity index (χ0v) is 20.5. The fourth-order valence-corrected chi connectivity index (χ4v) is 3.28. The highest BCUT2D eigenvalue weighted by Gasteiger charge is 2.08. The highest BCUT2D eigenvalue weighted by atomic mass is 35.5. The van der Waals surface area contributed by atoms with E-state index in [1.54, 1.807) is 30.3 Å². The summed E-state index contributed by atoms with van der Waals surface area (Å²) in [5.41, 5.74) is 6.00. The first kappa shape index (κ1) is 25.8. The van der Waals surface area contributed by atoms with Crippen LogP contribution in [0.25, 0.3) is 0 Å². The first-order valence-electron chi connectivity index (χ1n) is 11.3. The molecule has 0 atom stereocenters. The molecular weight excluding hydrogens is 466 g/mol. The molecule has 3 aromatic carbocycles. The summed E-state index contributed by atoms with van der Waals surface area (Å²) in [7, 11) is 0. The summed E-state index contributed by atoms with van der Waals surface area (Å²) in [4.78, 5) is 24.1. The molecule has 3 rings (SSSR count). The molecule has 0 heterocycles. The third kappa shape index (κ3) is 8.79. The van der Waals surface area contributed by atoms with Crippen molar-refractivity contribution >= 4 is 35.3 Å². The number of nitrogens with zero attached hydrogens (tertiary/aromatic N) is 1. The summed E-state index contributed by atoms with van der Waals surface area (Å²) < 4.78 is 11.6. The van der Waals surface area contributed by atoms with Crippen molar-refractivity contribution in [1.82, 2.24) is 5.43 Å². The van der Waals surface area contributed by atoms with Crippen LogP contribution < -0.4 is 20.2 Å². The van der Waals surface area contributed by atoms with E-state index in [0.29, 0.717) is 35.4 Å². The maximum atomic E-state index is 12.0. The van der Waals surface area contributed by atoms with Crippen molar-refractivity contribution in [2.45, 2.75) is 33.3 Å². The van der Waals surface area contributed by atoms with Crippen LogP contribution in [0, 0.1) is 6.92 Å². The smallest absolute Gasteiger partial charge is 0.240 e. The van der Waals surface area contributed by atoms with Gasteiger partial charge in [-0.2, -0.15) is 5.10 Å². The summed E-state index contributed by atoms with van der Waals surface area (Å²) in [6, 6.07) is 20.4. The van der Waals surface area contributed by atoms with E-state index in [-0.39, 0.29) is 24.7 Å². The molecule has 0 spiro atoms. The number of rotatable bonds is 11. The molecule has 3 aromatic rings. The number of ether oxygens (including phenoxy) is 2. The van der Waals surface area contributed by atoms with Crippen LogP contribution in [0.4, 0.5) is 5.69 Å². The van der Waals surface area contributed by atoms with Gasteiger partial charge < -0.3 is 14.8 Å². The van der Waals surface area contributed by atoms with E-state index in [9.17, 15) is 9.59 Å². The van der Waals surface area contributed by atoms with Gasteiger partial charge in [-0.3, -0.25) is 9.59 Å². The number of benzene rings is 3. The van der Waals surface area contributed by atoms with Crippen molar-refractivity contribution in [1.29, 1.82) is 0 Å². The van der Waals surface area contributed by atoms with E-state index < -0.39 is 0 Å². The van der Waals surface area contributed by atoms with Crippen molar-refractivity contribution in [3.05, 3.63) is 88.4 Å². The Morgan fingerprint density at radius 2 is 1.71 bits per heavy atom. The van der Waals surface area contributed by atoms with Crippen LogP contribution in [-0.2, 0) is 16.2 Å². The van der Waals surface area contributed by atoms with Crippen LogP contribution in [0.3, 0.4) is 0 Å². The Hall–Kier alpha value is -3.84. The Morgan fingerprint density at radius 3 is 2.46 bits per heavy atom. The predicted octanol–water partition coefficient (Wildman–Crippen LogP) is 5.50. The third-order valence-electron chi connectivity index (χ3n) is 4.87. The molecule has 0 aliphatic carbocycles. The number of anilines is 1. The maximum absolute atomic E-state index is 12.0. The van der Waals surface area contributed by atoms with Crippen molar-refractivity contribution in [2.75, 3.05) is 11.9 Å². The minimum atomic E-state index is -0.370. The highest BCUT2D eigenvalue weighted by Crippen LogP contribution is 2.29. The maximum Gasteiger partial charge on any atom is 0.240 e. The number of carbonyl (C=O) groups is 2. The van der Waals surface area contributed by atoms with Gasteiger partial charge in [0.25, 0.3) is 0 Å². The molecule has 8 heteroatoms. The first-order chi connectivity index (χ1) is 16.9. The lowest BCUT2D eigenvalue weighted by Crippen LogP contribution is -2.20. The minimum Gasteiger partial charge on any atom is -0.490 e. The number of carbonyl (C=O) groups excluding carboxylic acids is 2. The average Bonchev–Trinajstić information content (AvgIpc) is 2.83. The van der Waals surface area contributed by atoms with E-state index in [1.807, 2.05) is 50.2 Å². The van der Waals surface area contributed by atoms with Gasteiger partial charge in [0.15, 0.2) is 11.5 Å². The van der Waals surface area contributed by atoms with E-state index in [0.717, 1.165) is 11.1 Å². The van der Waals surface area contributed by atoms with Gasteiger partial charge in [0.2, 0.25) is 11.8 Å². The second-order valence-corrected chi connectivity index (χ2v) is 8.20. The van der Waals surface area contributed by atoms with Crippen LogP contribution in [0.5, 0.6) is 11.5 Å². The fourth-order valence-electron chi connectivity index (χ4n) is 3.09. The van der Waals surface area contributed by atoms with E-state index in [2.05, 4.69) is 15.8 Å². The number of amides is 2. The summed E-state index contributed by atoms with van der Waals surface area (Å²) >= 11 is 5.90. The number of aryl methyl sites for hydroxylation is 1. The molecule has 0 bridgehead atoms. The summed E-state index contributed by atoms with van der Waals surface area (Å²) in [5.74, 6) is 0.562. The predicted molar refractivity (Wildman–Crippen MR) is 138 cm³/mol. The fraction of sp³-hybridized carbons (Fsp3) is 0.222. The highest BCUT2D eigenvalue weighted by molar-refractivity contribution is 6.30. The number of nitrogens with one attached hydrogen (secondary N) is 2. The zero-order chi connectivity index (χ0) is 25.0. The average molecular weight is 494 g/mol. The monoisotopic (exact) mass is 493 g/mol. The molecule has 0 aromatic heterocycles. The van der Waals surface area contributed by atoms with Gasteiger partial charge in [-0.05, 0) is 61.4 Å². The molecule has 2 amide bonds. The lowest BCUT2D eigenvalue weighted by Gasteiger charge is -2.12. The second kappa shape index (κ2) is 13.2. The Morgan fingerprint density at radius 1 is 0.943 bits per heavy atom. The number of halogens is 1. The van der Waals surface area contributed by atoms with Crippen molar-refractivity contribution in [3.8, 4) is 11.5 Å². The van der Waals surface area contributed by atoms with Gasteiger partial charge in [-0.15, -0.1) is 0 Å².